The van der Waals surface area contributed by atoms with Crippen molar-refractivity contribution in [1.82, 2.24) is 29.3 Å². The van der Waals surface area contributed by atoms with E-state index in [1.54, 1.807) is 12.1 Å². The minimum absolute atomic E-state index is 0.0163. The van der Waals surface area contributed by atoms with E-state index in [0.717, 1.165) is 38.9 Å². The molecule has 7 aromatic carbocycles. The summed E-state index contributed by atoms with van der Waals surface area (Å²) in [7, 11) is 0. The summed E-state index contributed by atoms with van der Waals surface area (Å²) in [6.45, 7) is 15.6. The van der Waals surface area contributed by atoms with Crippen molar-refractivity contribution in [3.63, 3.8) is 0 Å². The van der Waals surface area contributed by atoms with Crippen LogP contribution < -0.4 is 10.3 Å². The van der Waals surface area contributed by atoms with Crippen LogP contribution in [0.15, 0.2) is 150 Å². The van der Waals surface area contributed by atoms with Crippen molar-refractivity contribution in [3.05, 3.63) is 217 Å². The van der Waals surface area contributed by atoms with Crippen LogP contribution in [0.3, 0.4) is 0 Å². The van der Waals surface area contributed by atoms with Gasteiger partial charge >= 0.3 is 5.97 Å². The summed E-state index contributed by atoms with van der Waals surface area (Å²) in [6.07, 6.45) is 0. The van der Waals surface area contributed by atoms with Gasteiger partial charge < -0.3 is 4.74 Å². The highest BCUT2D eigenvalue weighted by atomic mass is 16.5. The third-order valence-electron chi connectivity index (χ3n) is 13.5. The number of fused-ring (bicyclic) bond motifs is 5. The standard InChI is InChI=1S/C62H48N6O4/c1-33-21-25-37(5)41(29-33)53-56(65-47-17-11-9-15-45(47)63-53)51-60(72-62(71)44-32-36(4)24-28-40(44)8)52(59(69)57-54(42-30-34(2)22-26-38(42)6)64-46-16-10-12-18-48(46)66-57)58-55(43-31-35(3)23-27-39(43)7)67-49-19-13-14-20-50(49)68(58)61(51)70/h9-32H,1-8H3. The number of esters is 1. The largest absolute Gasteiger partial charge is 0.421 e. The SMILES string of the molecule is Cc1ccc(C)c(C(=O)Oc2c(-c3nc4ccccc4nc3-c3cc(C)ccc3C)c(=O)n3c(c(-c4cc(C)ccc4C)nc4ccccc43)c2C(=O)c2nc3ccccc3nc2-c2cc(C)ccc2C)c1. The molecule has 4 aromatic heterocycles. The van der Waals surface area contributed by atoms with Gasteiger partial charge in [-0.1, -0.05) is 107 Å². The third kappa shape index (κ3) is 7.77. The van der Waals surface area contributed by atoms with Crippen LogP contribution in [-0.2, 0) is 0 Å². The number of rotatable bonds is 8. The molecular formula is C62H48N6O4. The number of carbonyl (C=O) groups is 2. The Bertz CT molecular complexity index is 4190. The molecule has 0 aliphatic carbocycles. The van der Waals surface area contributed by atoms with Gasteiger partial charge in [0.1, 0.15) is 22.6 Å². The maximum Gasteiger partial charge on any atom is 0.343 e. The maximum absolute atomic E-state index is 16.9. The Morgan fingerprint density at radius 1 is 0.444 bits per heavy atom. The Hall–Kier alpha value is -9.02. The zero-order valence-corrected chi connectivity index (χ0v) is 41.2. The first-order valence-corrected chi connectivity index (χ1v) is 23.9. The van der Waals surface area contributed by atoms with E-state index in [1.165, 1.54) is 4.40 Å². The van der Waals surface area contributed by atoms with E-state index in [2.05, 4.69) is 0 Å². The Morgan fingerprint density at radius 2 is 0.875 bits per heavy atom. The molecule has 72 heavy (non-hydrogen) atoms. The molecule has 0 aliphatic rings. The van der Waals surface area contributed by atoms with Gasteiger partial charge in [-0.3, -0.25) is 14.0 Å². The quantitative estimate of drug-likeness (QED) is 0.0830. The average Bonchev–Trinajstić information content (AvgIpc) is 3.38. The lowest BCUT2D eigenvalue weighted by Crippen LogP contribution is -2.26. The third-order valence-corrected chi connectivity index (χ3v) is 13.5. The molecule has 0 atom stereocenters. The van der Waals surface area contributed by atoms with Crippen molar-refractivity contribution >= 4 is 50.4 Å². The zero-order valence-electron chi connectivity index (χ0n) is 41.2. The van der Waals surface area contributed by atoms with Crippen LogP contribution in [0.4, 0.5) is 0 Å². The fourth-order valence-corrected chi connectivity index (χ4v) is 9.64. The normalized spacial score (nSPS) is 11.5. The highest BCUT2D eigenvalue weighted by Crippen LogP contribution is 2.44. The van der Waals surface area contributed by atoms with Crippen LogP contribution in [0.25, 0.3) is 83.6 Å². The molecule has 0 fully saturated rings. The fraction of sp³-hybridized carbons (Fsp3) is 0.129. The number of carbonyl (C=O) groups excluding carboxylic acids is 2. The minimum atomic E-state index is -0.779. The Kier molecular flexibility index (Phi) is 11.2. The van der Waals surface area contributed by atoms with E-state index in [4.69, 9.17) is 29.7 Å². The van der Waals surface area contributed by atoms with Crippen LogP contribution in [0.5, 0.6) is 5.75 Å². The van der Waals surface area contributed by atoms with Crippen molar-refractivity contribution < 1.29 is 14.3 Å². The number of nitrogens with zero attached hydrogens (tertiary/aromatic N) is 6. The first-order chi connectivity index (χ1) is 34.7. The van der Waals surface area contributed by atoms with Gasteiger partial charge in [0.25, 0.3) is 5.56 Å². The number of hydrogen-bond donors (Lipinski definition) is 0. The molecule has 10 nitrogen and oxygen atoms in total. The summed E-state index contributed by atoms with van der Waals surface area (Å²) < 4.78 is 8.39. The first-order valence-electron chi connectivity index (χ1n) is 23.9. The maximum atomic E-state index is 16.9. The van der Waals surface area contributed by atoms with E-state index in [9.17, 15) is 0 Å². The molecule has 0 spiro atoms. The first kappa shape index (κ1) is 45.4. The highest BCUT2D eigenvalue weighted by molar-refractivity contribution is 6.21. The van der Waals surface area contributed by atoms with Gasteiger partial charge in [-0.15, -0.1) is 0 Å². The number of ketones is 1. The number of para-hydroxylation sites is 6. The fourth-order valence-electron chi connectivity index (χ4n) is 9.64. The highest BCUT2D eigenvalue weighted by Gasteiger charge is 2.36. The van der Waals surface area contributed by atoms with Crippen LogP contribution >= 0.6 is 0 Å². The van der Waals surface area contributed by atoms with E-state index in [1.807, 2.05) is 189 Å². The van der Waals surface area contributed by atoms with Crippen molar-refractivity contribution in [3.8, 4) is 50.8 Å². The summed E-state index contributed by atoms with van der Waals surface area (Å²) in [5.41, 5.74) is 12.6. The molecule has 0 aliphatic heterocycles. The summed E-state index contributed by atoms with van der Waals surface area (Å²) >= 11 is 0. The van der Waals surface area contributed by atoms with Gasteiger partial charge in [-0.2, -0.15) is 0 Å². The minimum Gasteiger partial charge on any atom is -0.421 e. The predicted octanol–water partition coefficient (Wildman–Crippen LogP) is 13.3. The van der Waals surface area contributed by atoms with Gasteiger partial charge in [0, 0.05) is 16.7 Å². The summed E-state index contributed by atoms with van der Waals surface area (Å²) in [4.78, 5) is 75.1. The number of pyridine rings is 1. The number of aromatic nitrogens is 6. The number of ether oxygens (including phenoxy) is 1. The second-order valence-electron chi connectivity index (χ2n) is 18.8. The monoisotopic (exact) mass is 940 g/mol. The van der Waals surface area contributed by atoms with Crippen LogP contribution in [0, 0.1) is 55.4 Å². The summed E-state index contributed by atoms with van der Waals surface area (Å²) in [6, 6.07) is 45.6. The van der Waals surface area contributed by atoms with Crippen LogP contribution in [0.2, 0.25) is 0 Å². The summed E-state index contributed by atoms with van der Waals surface area (Å²) in [5.74, 6) is -1.74. The smallest absolute Gasteiger partial charge is 0.343 e. The second kappa shape index (κ2) is 17.7. The second-order valence-corrected chi connectivity index (χ2v) is 18.8. The molecule has 350 valence electrons. The van der Waals surface area contributed by atoms with E-state index in [-0.39, 0.29) is 39.3 Å². The Morgan fingerprint density at radius 3 is 1.44 bits per heavy atom. The number of benzene rings is 7. The van der Waals surface area contributed by atoms with Gasteiger partial charge in [0.05, 0.1) is 61.1 Å². The Balaban J connectivity index is 1.40. The molecule has 0 radical (unpaired) electrons. The van der Waals surface area contributed by atoms with E-state index in [0.29, 0.717) is 72.4 Å². The van der Waals surface area contributed by atoms with Crippen molar-refractivity contribution in [1.29, 1.82) is 0 Å². The molecule has 0 amide bonds. The van der Waals surface area contributed by atoms with Crippen LogP contribution in [-0.4, -0.2) is 41.1 Å². The summed E-state index contributed by atoms with van der Waals surface area (Å²) in [5, 5.41) is 0. The molecule has 4 heterocycles. The molecule has 11 aromatic rings. The van der Waals surface area contributed by atoms with E-state index < -0.39 is 17.3 Å². The molecule has 11 rings (SSSR count). The number of aryl methyl sites for hydroxylation is 8. The molecule has 0 saturated heterocycles. The molecule has 0 N–H and O–H groups in total. The molecule has 0 unspecified atom stereocenters. The van der Waals surface area contributed by atoms with Gasteiger partial charge in [0.2, 0.25) is 5.78 Å². The van der Waals surface area contributed by atoms with Crippen molar-refractivity contribution in [2.75, 3.05) is 0 Å². The van der Waals surface area contributed by atoms with Gasteiger partial charge in [0.15, 0.2) is 5.75 Å². The van der Waals surface area contributed by atoms with Crippen molar-refractivity contribution in [2.45, 2.75) is 55.4 Å². The lowest BCUT2D eigenvalue weighted by molar-refractivity contribution is 0.0733. The van der Waals surface area contributed by atoms with Gasteiger partial charge in [-0.05, 0) is 138 Å². The molecule has 0 bridgehead atoms. The van der Waals surface area contributed by atoms with Crippen LogP contribution in [0.1, 0.15) is 70.9 Å². The Labute approximate surface area is 415 Å². The molecule has 10 heteroatoms. The number of hydrogen-bond acceptors (Lipinski definition) is 9. The predicted molar refractivity (Wildman–Crippen MR) is 286 cm³/mol. The topological polar surface area (TPSA) is 129 Å². The zero-order chi connectivity index (χ0) is 50.1. The van der Waals surface area contributed by atoms with Crippen molar-refractivity contribution in [2.24, 2.45) is 0 Å². The lowest BCUT2D eigenvalue weighted by Gasteiger charge is -2.22. The van der Waals surface area contributed by atoms with E-state index >= 15 is 14.4 Å². The lowest BCUT2D eigenvalue weighted by atomic mass is 9.92. The van der Waals surface area contributed by atoms with Gasteiger partial charge in [-0.25, -0.2) is 29.7 Å². The average molecular weight is 941 g/mol. The molecular weight excluding hydrogens is 893 g/mol. The molecule has 0 saturated carbocycles.